The number of rotatable bonds is 3. The summed E-state index contributed by atoms with van der Waals surface area (Å²) in [5.41, 5.74) is 1.23. The lowest BCUT2D eigenvalue weighted by Gasteiger charge is -2.31. The Morgan fingerprint density at radius 1 is 1.38 bits per heavy atom. The fourth-order valence-electron chi connectivity index (χ4n) is 2.63. The smallest absolute Gasteiger partial charge is 0.272 e. The van der Waals surface area contributed by atoms with E-state index in [4.69, 9.17) is 5.11 Å². The molecule has 1 aromatic rings. The molecule has 0 atom stereocenters. The Kier molecular flexibility index (Phi) is 5.77. The molecule has 0 unspecified atom stereocenters. The van der Waals surface area contributed by atoms with Crippen LogP contribution in [0.3, 0.4) is 0 Å². The van der Waals surface area contributed by atoms with E-state index < -0.39 is 0 Å². The van der Waals surface area contributed by atoms with Gasteiger partial charge in [0.1, 0.15) is 5.69 Å². The van der Waals surface area contributed by atoms with E-state index in [-0.39, 0.29) is 12.5 Å². The van der Waals surface area contributed by atoms with Gasteiger partial charge in [0.15, 0.2) is 0 Å². The number of aromatic nitrogens is 1. The van der Waals surface area contributed by atoms with Crippen LogP contribution in [0.15, 0.2) is 18.3 Å². The molecule has 1 N–H and O–H groups in total. The van der Waals surface area contributed by atoms with Gasteiger partial charge in [0.05, 0.1) is 6.61 Å². The second-order valence-electron chi connectivity index (χ2n) is 5.42. The number of nitrogens with zero attached hydrogens (tertiary/aromatic N) is 2. The van der Waals surface area contributed by atoms with Crippen LogP contribution >= 0.6 is 0 Å². The minimum absolute atomic E-state index is 0.0169. The van der Waals surface area contributed by atoms with Gasteiger partial charge in [0.25, 0.3) is 5.91 Å². The largest absolute Gasteiger partial charge is 0.395 e. The van der Waals surface area contributed by atoms with Crippen molar-refractivity contribution < 1.29 is 9.90 Å². The molecule has 4 heteroatoms. The zero-order valence-corrected chi connectivity index (χ0v) is 12.5. The third-order valence-corrected chi connectivity index (χ3v) is 3.89. The number of hydrogen-bond acceptors (Lipinski definition) is 3. The zero-order chi connectivity index (χ0) is 15.1. The van der Waals surface area contributed by atoms with Gasteiger partial charge >= 0.3 is 0 Å². The first-order chi connectivity index (χ1) is 10.2. The van der Waals surface area contributed by atoms with Crippen molar-refractivity contribution in [3.8, 4) is 11.8 Å². The Balaban J connectivity index is 2.00. The number of carbonyl (C=O) groups excluding carboxylic acids is 1. The molecule has 1 aliphatic carbocycles. The summed E-state index contributed by atoms with van der Waals surface area (Å²) in [7, 11) is 1.87. The molecule has 0 saturated heterocycles. The second kappa shape index (κ2) is 7.80. The van der Waals surface area contributed by atoms with E-state index in [0.717, 1.165) is 18.4 Å². The molecular weight excluding hydrogens is 264 g/mol. The van der Waals surface area contributed by atoms with Crippen LogP contribution in [0.2, 0.25) is 0 Å². The van der Waals surface area contributed by atoms with Gasteiger partial charge in [0.2, 0.25) is 0 Å². The van der Waals surface area contributed by atoms with E-state index in [1.807, 2.05) is 11.9 Å². The monoisotopic (exact) mass is 286 g/mol. The van der Waals surface area contributed by atoms with Gasteiger partial charge in [-0.3, -0.25) is 4.79 Å². The maximum atomic E-state index is 12.4. The van der Waals surface area contributed by atoms with Crippen LogP contribution < -0.4 is 0 Å². The fraction of sp³-hybridized carbons (Fsp3) is 0.529. The highest BCUT2D eigenvalue weighted by molar-refractivity contribution is 5.92. The number of carbonyl (C=O) groups is 1. The average Bonchev–Trinajstić information content (AvgIpc) is 2.55. The molecule has 0 spiro atoms. The molecule has 1 heterocycles. The Labute approximate surface area is 126 Å². The first kappa shape index (κ1) is 15.5. The van der Waals surface area contributed by atoms with Crippen molar-refractivity contribution >= 4 is 5.91 Å². The van der Waals surface area contributed by atoms with E-state index in [9.17, 15) is 4.79 Å². The van der Waals surface area contributed by atoms with Crippen molar-refractivity contribution in [2.75, 3.05) is 13.7 Å². The summed E-state index contributed by atoms with van der Waals surface area (Å²) in [5.74, 6) is 5.73. The Morgan fingerprint density at radius 3 is 2.76 bits per heavy atom. The van der Waals surface area contributed by atoms with Crippen LogP contribution in [0.1, 0.15) is 54.6 Å². The van der Waals surface area contributed by atoms with Crippen LogP contribution in [-0.2, 0) is 0 Å². The Hall–Kier alpha value is -1.86. The molecule has 0 aliphatic heterocycles. The molecule has 0 bridgehead atoms. The molecule has 2 rings (SSSR count). The van der Waals surface area contributed by atoms with Crippen LogP contribution in [0, 0.1) is 11.8 Å². The molecule has 1 saturated carbocycles. The van der Waals surface area contributed by atoms with E-state index in [2.05, 4.69) is 16.8 Å². The Morgan fingerprint density at radius 2 is 2.14 bits per heavy atom. The first-order valence-electron chi connectivity index (χ1n) is 7.55. The topological polar surface area (TPSA) is 53.4 Å². The van der Waals surface area contributed by atoms with Crippen LogP contribution in [0.4, 0.5) is 0 Å². The van der Waals surface area contributed by atoms with Crippen molar-refractivity contribution in [1.82, 2.24) is 9.88 Å². The molecule has 1 aromatic heterocycles. The number of pyridine rings is 1. The minimum Gasteiger partial charge on any atom is -0.395 e. The summed E-state index contributed by atoms with van der Waals surface area (Å²) >= 11 is 0. The van der Waals surface area contributed by atoms with Crippen LogP contribution in [0.5, 0.6) is 0 Å². The molecular formula is C17H22N2O2. The number of hydrogen-bond donors (Lipinski definition) is 1. The highest BCUT2D eigenvalue weighted by Crippen LogP contribution is 2.22. The number of aliphatic hydroxyl groups excluding tert-OH is 1. The third kappa shape index (κ3) is 4.30. The van der Waals surface area contributed by atoms with Gasteiger partial charge in [-0.05, 0) is 25.0 Å². The standard InChI is InChI=1S/C17H22N2O2/c1-19(15-8-3-2-4-9-15)17(21)16-11-10-14(13-18-16)7-5-6-12-20/h10-11,13,15,20H,2-4,6,8-9,12H2,1H3. The predicted molar refractivity (Wildman–Crippen MR) is 81.8 cm³/mol. The molecule has 1 fully saturated rings. The quantitative estimate of drug-likeness (QED) is 0.867. The Bertz CT molecular complexity index is 522. The number of amides is 1. The lowest BCUT2D eigenvalue weighted by atomic mass is 9.94. The maximum Gasteiger partial charge on any atom is 0.272 e. The fourth-order valence-corrected chi connectivity index (χ4v) is 2.63. The van der Waals surface area contributed by atoms with Gasteiger partial charge in [-0.2, -0.15) is 0 Å². The van der Waals surface area contributed by atoms with Crippen molar-refractivity contribution in [3.05, 3.63) is 29.6 Å². The highest BCUT2D eigenvalue weighted by atomic mass is 16.2. The van der Waals surface area contributed by atoms with Gasteiger partial charge in [-0.25, -0.2) is 4.98 Å². The number of aliphatic hydroxyl groups is 1. The van der Waals surface area contributed by atoms with Crippen molar-refractivity contribution in [3.63, 3.8) is 0 Å². The van der Waals surface area contributed by atoms with Crippen LogP contribution in [-0.4, -0.2) is 40.6 Å². The van der Waals surface area contributed by atoms with E-state index in [0.29, 0.717) is 18.2 Å². The van der Waals surface area contributed by atoms with Gasteiger partial charge in [-0.1, -0.05) is 31.1 Å². The zero-order valence-electron chi connectivity index (χ0n) is 12.5. The van der Waals surface area contributed by atoms with Gasteiger partial charge in [0, 0.05) is 31.3 Å². The normalized spacial score (nSPS) is 15.1. The van der Waals surface area contributed by atoms with Crippen molar-refractivity contribution in [2.24, 2.45) is 0 Å². The van der Waals surface area contributed by atoms with E-state index >= 15 is 0 Å². The molecule has 112 valence electrons. The minimum atomic E-state index is -0.0169. The summed E-state index contributed by atoms with van der Waals surface area (Å²) in [6.45, 7) is 0.0587. The molecule has 1 amide bonds. The molecule has 0 aromatic carbocycles. The predicted octanol–water partition coefficient (Wildman–Crippen LogP) is 2.22. The lowest BCUT2D eigenvalue weighted by Crippen LogP contribution is -2.38. The highest BCUT2D eigenvalue weighted by Gasteiger charge is 2.23. The van der Waals surface area contributed by atoms with Gasteiger partial charge < -0.3 is 10.0 Å². The van der Waals surface area contributed by atoms with E-state index in [1.54, 1.807) is 18.3 Å². The van der Waals surface area contributed by atoms with Crippen LogP contribution in [0.25, 0.3) is 0 Å². The average molecular weight is 286 g/mol. The lowest BCUT2D eigenvalue weighted by molar-refractivity contribution is 0.0690. The SMILES string of the molecule is CN(C(=O)c1ccc(C#CCCO)cn1)C1CCCCC1. The summed E-state index contributed by atoms with van der Waals surface area (Å²) in [5, 5.41) is 8.68. The molecule has 0 radical (unpaired) electrons. The third-order valence-electron chi connectivity index (χ3n) is 3.89. The molecule has 1 aliphatic rings. The summed E-state index contributed by atoms with van der Waals surface area (Å²) in [6.07, 6.45) is 7.93. The molecule has 21 heavy (non-hydrogen) atoms. The van der Waals surface area contributed by atoms with Gasteiger partial charge in [-0.15, -0.1) is 0 Å². The first-order valence-corrected chi connectivity index (χ1v) is 7.55. The summed E-state index contributed by atoms with van der Waals surface area (Å²) in [4.78, 5) is 18.5. The summed E-state index contributed by atoms with van der Waals surface area (Å²) in [6, 6.07) is 3.88. The summed E-state index contributed by atoms with van der Waals surface area (Å²) < 4.78 is 0. The molecule has 4 nitrogen and oxygen atoms in total. The maximum absolute atomic E-state index is 12.4. The van der Waals surface area contributed by atoms with E-state index in [1.165, 1.54) is 19.3 Å². The second-order valence-corrected chi connectivity index (χ2v) is 5.42. The van der Waals surface area contributed by atoms with Crippen molar-refractivity contribution in [2.45, 2.75) is 44.6 Å². The van der Waals surface area contributed by atoms with Crippen molar-refractivity contribution in [1.29, 1.82) is 0 Å².